The van der Waals surface area contributed by atoms with Crippen molar-refractivity contribution in [1.82, 2.24) is 5.32 Å². The van der Waals surface area contributed by atoms with E-state index in [-0.39, 0.29) is 76.4 Å². The van der Waals surface area contributed by atoms with Crippen molar-refractivity contribution in [2.45, 2.75) is 13.8 Å². The second kappa shape index (κ2) is 18.5. The Morgan fingerprint density at radius 3 is 1.42 bits per heavy atom. The molecule has 1 amide bonds. The third-order valence-corrected chi connectivity index (χ3v) is 0.859. The molecular formula is C6H11NO2SY2-2. The summed E-state index contributed by atoms with van der Waals surface area (Å²) in [6.45, 7) is 2.89. The molecule has 2 radical (unpaired) electrons. The molecule has 0 aromatic heterocycles. The number of carbonyl (C=O) groups is 2. The van der Waals surface area contributed by atoms with Crippen LogP contribution >= 0.6 is 11.8 Å². The van der Waals surface area contributed by atoms with Crippen LogP contribution in [0.25, 0.3) is 0 Å². The minimum absolute atomic E-state index is 0. The average molecular weight is 339 g/mol. The quantitative estimate of drug-likeness (QED) is 0.669. The molecule has 0 aliphatic rings. The van der Waals surface area contributed by atoms with E-state index >= 15 is 0 Å². The van der Waals surface area contributed by atoms with Gasteiger partial charge < -0.3 is 5.32 Å². The summed E-state index contributed by atoms with van der Waals surface area (Å²) in [6.07, 6.45) is 3.25. The van der Waals surface area contributed by atoms with Crippen LogP contribution in [-0.2, 0) is 75.0 Å². The minimum Gasteiger partial charge on any atom is -0.509 e. The minimum atomic E-state index is -0.106. The summed E-state index contributed by atoms with van der Waals surface area (Å²) >= 11 is 0.991. The Labute approximate surface area is 128 Å². The fraction of sp³-hybridized carbons (Fsp3) is 0.333. The molecule has 0 atom stereocenters. The first-order valence-electron chi connectivity index (χ1n) is 2.50. The van der Waals surface area contributed by atoms with Gasteiger partial charge in [0, 0.05) is 79.3 Å². The van der Waals surface area contributed by atoms with E-state index in [1.807, 2.05) is 0 Å². The molecule has 0 heterocycles. The Morgan fingerprint density at radius 2 is 1.42 bits per heavy atom. The molecule has 3 nitrogen and oxygen atoms in total. The van der Waals surface area contributed by atoms with Crippen LogP contribution in [0.1, 0.15) is 13.8 Å². The zero-order valence-electron chi connectivity index (χ0n) is 7.29. The molecule has 1 N–H and O–H groups in total. The monoisotopic (exact) mass is 339 g/mol. The van der Waals surface area contributed by atoms with E-state index in [9.17, 15) is 9.59 Å². The Morgan fingerprint density at radius 1 is 1.25 bits per heavy atom. The van der Waals surface area contributed by atoms with E-state index in [1.165, 1.54) is 13.8 Å². The molecule has 0 aliphatic heterocycles. The van der Waals surface area contributed by atoms with E-state index in [4.69, 9.17) is 0 Å². The molecule has 0 saturated carbocycles. The van der Waals surface area contributed by atoms with Crippen molar-refractivity contribution in [3.8, 4) is 0 Å². The number of carbonyl (C=O) groups excluding carboxylic acids is 2. The van der Waals surface area contributed by atoms with Gasteiger partial charge in [-0.2, -0.15) is 0 Å². The van der Waals surface area contributed by atoms with Gasteiger partial charge in [-0.25, -0.2) is 0 Å². The molecule has 0 bridgehead atoms. The van der Waals surface area contributed by atoms with Gasteiger partial charge in [-0.05, 0) is 0 Å². The molecule has 66 valence electrons. The van der Waals surface area contributed by atoms with Crippen LogP contribution in [-0.4, -0.2) is 11.0 Å². The Balaban J connectivity index is -0.0000000457. The summed E-state index contributed by atoms with van der Waals surface area (Å²) in [6, 6.07) is 0. The van der Waals surface area contributed by atoms with Crippen LogP contribution < -0.4 is 5.32 Å². The topological polar surface area (TPSA) is 46.2 Å². The number of thioether (sulfide) groups is 1. The number of hydrogen-bond donors (Lipinski definition) is 1. The van der Waals surface area contributed by atoms with Gasteiger partial charge >= 0.3 is 0 Å². The second-order valence-electron chi connectivity index (χ2n) is 1.37. The predicted molar refractivity (Wildman–Crippen MR) is 42.8 cm³/mol. The van der Waals surface area contributed by atoms with E-state index in [2.05, 4.69) is 18.6 Å². The van der Waals surface area contributed by atoms with Gasteiger partial charge in [0.25, 0.3) is 0 Å². The van der Waals surface area contributed by atoms with Crippen molar-refractivity contribution in [2.75, 3.05) is 0 Å². The molecule has 0 aromatic carbocycles. The number of hydrogen-bond acceptors (Lipinski definition) is 3. The van der Waals surface area contributed by atoms with Gasteiger partial charge in [0.15, 0.2) is 11.0 Å². The Bertz CT molecular complexity index is 108. The Hall–Kier alpha value is 1.70. The van der Waals surface area contributed by atoms with E-state index in [0.717, 1.165) is 11.8 Å². The predicted octanol–water partition coefficient (Wildman–Crippen LogP) is 0.967. The summed E-state index contributed by atoms with van der Waals surface area (Å²) in [5.74, 6) is -0.106. The molecule has 0 saturated heterocycles. The summed E-state index contributed by atoms with van der Waals surface area (Å²) in [5, 5.41) is 2.20. The normalized spacial score (nSPS) is 6.00. The molecule has 0 aliphatic carbocycles. The molecule has 0 spiro atoms. The zero-order chi connectivity index (χ0) is 8.57. The maximum atomic E-state index is 9.71. The van der Waals surface area contributed by atoms with Gasteiger partial charge in [-0.3, -0.25) is 34.7 Å². The summed E-state index contributed by atoms with van der Waals surface area (Å²) in [4.78, 5) is 19.4. The first kappa shape index (κ1) is 23.5. The first-order valence-corrected chi connectivity index (χ1v) is 3.49. The van der Waals surface area contributed by atoms with Crippen LogP contribution in [0, 0.1) is 13.3 Å². The summed E-state index contributed by atoms with van der Waals surface area (Å²) in [5.41, 5.74) is 0. The number of rotatable bonds is 0. The van der Waals surface area contributed by atoms with Gasteiger partial charge in [0.2, 0.25) is 0 Å². The summed E-state index contributed by atoms with van der Waals surface area (Å²) < 4.78 is 0. The van der Waals surface area contributed by atoms with Crippen LogP contribution in [0.4, 0.5) is 0 Å². The van der Waals surface area contributed by atoms with Crippen molar-refractivity contribution in [3.05, 3.63) is 13.3 Å². The SMILES string of the molecule is [CH2-]NC(C)=O.[CH2-]SC(C)=O.[Y].[Y]. The molecular weight excluding hydrogens is 328 g/mol. The molecule has 0 aromatic rings. The van der Waals surface area contributed by atoms with E-state index < -0.39 is 0 Å². The van der Waals surface area contributed by atoms with Crippen molar-refractivity contribution in [1.29, 1.82) is 0 Å². The van der Waals surface area contributed by atoms with Crippen LogP contribution in [0.2, 0.25) is 0 Å². The third-order valence-electron chi connectivity index (χ3n) is 0.452. The van der Waals surface area contributed by atoms with Crippen molar-refractivity contribution in [3.63, 3.8) is 0 Å². The fourth-order valence-corrected chi connectivity index (χ4v) is 0. The van der Waals surface area contributed by atoms with Crippen molar-refractivity contribution >= 4 is 22.8 Å². The van der Waals surface area contributed by atoms with Gasteiger partial charge in [-0.15, -0.1) is 0 Å². The van der Waals surface area contributed by atoms with Gasteiger partial charge in [0.05, 0.1) is 0 Å². The maximum absolute atomic E-state index is 9.71. The van der Waals surface area contributed by atoms with Crippen molar-refractivity contribution in [2.24, 2.45) is 0 Å². The van der Waals surface area contributed by atoms with Crippen LogP contribution in [0.15, 0.2) is 0 Å². The number of nitrogens with one attached hydrogen (secondary N) is 1. The molecule has 0 unspecified atom stereocenters. The zero-order valence-corrected chi connectivity index (χ0v) is 13.8. The molecule has 6 heteroatoms. The van der Waals surface area contributed by atoms with Crippen LogP contribution in [0.3, 0.4) is 0 Å². The van der Waals surface area contributed by atoms with Gasteiger partial charge in [0.1, 0.15) is 0 Å². The Kier molecular flexibility index (Phi) is 36.2. The first-order chi connectivity index (χ1) is 4.54. The standard InChI is InChI=1S/C3H6NO.C3H5OS.2Y/c1-3(5)4-2;1-3(4)5-2;;/h2H2,1H3,(H,4,5);2H2,1H3;;/q2*-1;;. The second-order valence-corrected chi connectivity index (χ2v) is 2.23. The van der Waals surface area contributed by atoms with E-state index in [0.29, 0.717) is 0 Å². The third kappa shape index (κ3) is 41.2. The maximum Gasteiger partial charge on any atom is 0.187 e. The van der Waals surface area contributed by atoms with E-state index in [1.54, 1.807) is 0 Å². The summed E-state index contributed by atoms with van der Waals surface area (Å²) in [7, 11) is 3.09. The fourth-order valence-electron chi connectivity index (χ4n) is 0. The smallest absolute Gasteiger partial charge is 0.187 e. The van der Waals surface area contributed by atoms with Crippen molar-refractivity contribution < 1.29 is 75.0 Å². The molecule has 0 fully saturated rings. The largest absolute Gasteiger partial charge is 0.509 e. The van der Waals surface area contributed by atoms with Gasteiger partial charge in [-0.1, -0.05) is 0 Å². The average Bonchev–Trinajstić information content (AvgIpc) is 1.89. The molecule has 12 heavy (non-hydrogen) atoms. The molecule has 0 rings (SSSR count). The van der Waals surface area contributed by atoms with Crippen LogP contribution in [0.5, 0.6) is 0 Å². The number of amides is 1.